The van der Waals surface area contributed by atoms with E-state index in [2.05, 4.69) is 17.1 Å². The second kappa shape index (κ2) is 7.68. The molecule has 2 heterocycles. The minimum Gasteiger partial charge on any atom is -0.410 e. The number of hydrogen-bond acceptors (Lipinski definition) is 3. The number of H-pyrrole nitrogens is 1. The van der Waals surface area contributed by atoms with Crippen LogP contribution in [0.3, 0.4) is 0 Å². The van der Waals surface area contributed by atoms with Crippen LogP contribution in [0.15, 0.2) is 66.7 Å². The van der Waals surface area contributed by atoms with Gasteiger partial charge in [0.25, 0.3) is 0 Å². The van der Waals surface area contributed by atoms with E-state index >= 15 is 0 Å². The van der Waals surface area contributed by atoms with Crippen molar-refractivity contribution in [1.82, 2.24) is 9.88 Å². The van der Waals surface area contributed by atoms with Gasteiger partial charge >= 0.3 is 6.09 Å². The molecule has 1 amide bonds. The van der Waals surface area contributed by atoms with Gasteiger partial charge in [0.1, 0.15) is 5.75 Å². The standard InChI is InChI=1S/C22H22N2O3/c25-15-7-6-12-20-21-18(17-10-4-5-11-19(17)23-21)13-14-24(20)22(26)27-16-8-2-1-3-9-16/h1-11,20,23,25H,12-15H2/b7-6+. The summed E-state index contributed by atoms with van der Waals surface area (Å²) in [5.74, 6) is 0.537. The van der Waals surface area contributed by atoms with E-state index in [1.165, 1.54) is 10.9 Å². The molecule has 5 nitrogen and oxygen atoms in total. The number of carbonyl (C=O) groups excluding carboxylic acids is 1. The number of carbonyl (C=O) groups is 1. The number of aliphatic hydroxyl groups excluding tert-OH is 1. The van der Waals surface area contributed by atoms with Gasteiger partial charge in [-0.15, -0.1) is 0 Å². The summed E-state index contributed by atoms with van der Waals surface area (Å²) < 4.78 is 5.58. The lowest BCUT2D eigenvalue weighted by Gasteiger charge is -2.34. The van der Waals surface area contributed by atoms with E-state index in [0.29, 0.717) is 18.7 Å². The van der Waals surface area contributed by atoms with E-state index in [0.717, 1.165) is 17.6 Å². The first-order valence-electron chi connectivity index (χ1n) is 9.16. The smallest absolute Gasteiger partial charge is 0.410 e. The number of hydrogen-bond donors (Lipinski definition) is 2. The molecule has 0 spiro atoms. The normalized spacial score (nSPS) is 16.6. The summed E-state index contributed by atoms with van der Waals surface area (Å²) in [7, 11) is 0. The number of aromatic amines is 1. The Bertz CT molecular complexity index is 962. The number of fused-ring (bicyclic) bond motifs is 3. The maximum absolute atomic E-state index is 12.9. The van der Waals surface area contributed by atoms with Crippen molar-refractivity contribution in [3.63, 3.8) is 0 Å². The molecular formula is C22H22N2O3. The molecule has 1 aromatic heterocycles. The van der Waals surface area contributed by atoms with Gasteiger partial charge in [-0.2, -0.15) is 0 Å². The van der Waals surface area contributed by atoms with E-state index in [1.807, 2.05) is 36.4 Å². The van der Waals surface area contributed by atoms with Crippen LogP contribution in [0.25, 0.3) is 10.9 Å². The molecule has 1 aliphatic rings. The van der Waals surface area contributed by atoms with E-state index in [1.54, 1.807) is 23.1 Å². The van der Waals surface area contributed by atoms with Crippen LogP contribution in [-0.2, 0) is 6.42 Å². The molecular weight excluding hydrogens is 340 g/mol. The fourth-order valence-electron chi connectivity index (χ4n) is 3.73. The van der Waals surface area contributed by atoms with Gasteiger partial charge in [-0.3, -0.25) is 4.90 Å². The second-order valence-electron chi connectivity index (χ2n) is 6.59. The first-order chi connectivity index (χ1) is 13.3. The molecule has 27 heavy (non-hydrogen) atoms. The number of aromatic nitrogens is 1. The molecule has 5 heteroatoms. The highest BCUT2D eigenvalue weighted by Crippen LogP contribution is 2.37. The van der Waals surface area contributed by atoms with Crippen LogP contribution in [0, 0.1) is 0 Å². The van der Waals surface area contributed by atoms with Crippen LogP contribution in [0.4, 0.5) is 4.79 Å². The molecule has 2 aromatic carbocycles. The van der Waals surface area contributed by atoms with Gasteiger partial charge in [-0.05, 0) is 36.6 Å². The summed E-state index contributed by atoms with van der Waals surface area (Å²) in [5.41, 5.74) is 3.39. The third-order valence-electron chi connectivity index (χ3n) is 4.97. The van der Waals surface area contributed by atoms with Crippen molar-refractivity contribution in [2.75, 3.05) is 13.2 Å². The zero-order chi connectivity index (χ0) is 18.6. The van der Waals surface area contributed by atoms with Crippen LogP contribution >= 0.6 is 0 Å². The number of rotatable bonds is 4. The first kappa shape index (κ1) is 17.4. The largest absolute Gasteiger partial charge is 0.415 e. The van der Waals surface area contributed by atoms with Crippen molar-refractivity contribution in [2.24, 2.45) is 0 Å². The Morgan fingerprint density at radius 1 is 1.15 bits per heavy atom. The van der Waals surface area contributed by atoms with Gasteiger partial charge < -0.3 is 14.8 Å². The Kier molecular flexibility index (Phi) is 4.94. The molecule has 0 bridgehead atoms. The molecule has 1 aliphatic heterocycles. The van der Waals surface area contributed by atoms with E-state index in [9.17, 15) is 4.79 Å². The molecule has 3 aromatic rings. The molecule has 1 unspecified atom stereocenters. The lowest BCUT2D eigenvalue weighted by atomic mass is 9.95. The maximum Gasteiger partial charge on any atom is 0.415 e. The molecule has 0 radical (unpaired) electrons. The third-order valence-corrected chi connectivity index (χ3v) is 4.97. The maximum atomic E-state index is 12.9. The Balaban J connectivity index is 1.66. The predicted molar refractivity (Wildman–Crippen MR) is 105 cm³/mol. The number of amides is 1. The molecule has 2 N–H and O–H groups in total. The van der Waals surface area contributed by atoms with Crippen molar-refractivity contribution in [2.45, 2.75) is 18.9 Å². The summed E-state index contributed by atoms with van der Waals surface area (Å²) in [6.07, 6.45) is 4.66. The molecule has 0 fully saturated rings. The predicted octanol–water partition coefficient (Wildman–Crippen LogP) is 4.20. The highest BCUT2D eigenvalue weighted by molar-refractivity contribution is 5.85. The first-order valence-corrected chi connectivity index (χ1v) is 9.16. The highest BCUT2D eigenvalue weighted by atomic mass is 16.6. The summed E-state index contributed by atoms with van der Waals surface area (Å²) in [5, 5.41) is 10.3. The van der Waals surface area contributed by atoms with Gasteiger partial charge in [0.2, 0.25) is 0 Å². The minimum atomic E-state index is -0.354. The quantitative estimate of drug-likeness (QED) is 0.684. The van der Waals surface area contributed by atoms with Crippen LogP contribution in [0.2, 0.25) is 0 Å². The zero-order valence-corrected chi connectivity index (χ0v) is 15.0. The van der Waals surface area contributed by atoms with Gasteiger partial charge in [0, 0.05) is 23.1 Å². The molecule has 4 rings (SSSR count). The number of nitrogens with one attached hydrogen (secondary N) is 1. The summed E-state index contributed by atoms with van der Waals surface area (Å²) in [6, 6.07) is 17.2. The van der Waals surface area contributed by atoms with Crippen LogP contribution in [0.5, 0.6) is 5.75 Å². The topological polar surface area (TPSA) is 65.6 Å². The summed E-state index contributed by atoms with van der Waals surface area (Å²) in [4.78, 5) is 18.1. The number of aliphatic hydroxyl groups is 1. The number of para-hydroxylation sites is 2. The molecule has 138 valence electrons. The number of nitrogens with zero attached hydrogens (tertiary/aromatic N) is 1. The summed E-state index contributed by atoms with van der Waals surface area (Å²) in [6.45, 7) is 0.582. The Morgan fingerprint density at radius 2 is 1.93 bits per heavy atom. The fraction of sp³-hybridized carbons (Fsp3) is 0.227. The number of benzene rings is 2. The average Bonchev–Trinajstić information content (AvgIpc) is 3.08. The summed E-state index contributed by atoms with van der Waals surface area (Å²) >= 11 is 0. The van der Waals surface area contributed by atoms with Gasteiger partial charge in [0.15, 0.2) is 0 Å². The second-order valence-corrected chi connectivity index (χ2v) is 6.59. The van der Waals surface area contributed by atoms with Crippen LogP contribution < -0.4 is 4.74 Å². The van der Waals surface area contributed by atoms with E-state index in [4.69, 9.17) is 9.84 Å². The Morgan fingerprint density at radius 3 is 2.74 bits per heavy atom. The average molecular weight is 362 g/mol. The van der Waals surface area contributed by atoms with Crippen molar-refractivity contribution in [1.29, 1.82) is 0 Å². The minimum absolute atomic E-state index is 0.0132. The highest BCUT2D eigenvalue weighted by Gasteiger charge is 2.33. The molecule has 1 atom stereocenters. The molecule has 0 saturated heterocycles. The van der Waals surface area contributed by atoms with Crippen molar-refractivity contribution >= 4 is 17.0 Å². The molecule has 0 aliphatic carbocycles. The lowest BCUT2D eigenvalue weighted by Crippen LogP contribution is -2.41. The van der Waals surface area contributed by atoms with Crippen LogP contribution in [-0.4, -0.2) is 34.2 Å². The fourth-order valence-corrected chi connectivity index (χ4v) is 3.73. The van der Waals surface area contributed by atoms with Crippen LogP contribution in [0.1, 0.15) is 23.7 Å². The molecule has 0 saturated carbocycles. The van der Waals surface area contributed by atoms with Crippen molar-refractivity contribution in [3.05, 3.63) is 78.0 Å². The SMILES string of the molecule is O=C(Oc1ccccc1)N1CCc2c([nH]c3ccccc23)C1C/C=C/CO. The Labute approximate surface area is 157 Å². The van der Waals surface area contributed by atoms with Crippen molar-refractivity contribution < 1.29 is 14.6 Å². The zero-order valence-electron chi connectivity index (χ0n) is 15.0. The van der Waals surface area contributed by atoms with Gasteiger partial charge in [-0.1, -0.05) is 48.6 Å². The third kappa shape index (κ3) is 3.46. The number of ether oxygens (including phenoxy) is 1. The van der Waals surface area contributed by atoms with Gasteiger partial charge in [0.05, 0.1) is 12.6 Å². The van der Waals surface area contributed by atoms with Gasteiger partial charge in [-0.25, -0.2) is 4.79 Å². The van der Waals surface area contributed by atoms with E-state index in [-0.39, 0.29) is 18.7 Å². The Hall–Kier alpha value is -3.05. The van der Waals surface area contributed by atoms with E-state index < -0.39 is 0 Å². The monoisotopic (exact) mass is 362 g/mol. The lowest BCUT2D eigenvalue weighted by molar-refractivity contribution is 0.126. The van der Waals surface area contributed by atoms with Crippen molar-refractivity contribution in [3.8, 4) is 5.75 Å².